The maximum absolute atomic E-state index is 13.4. The van der Waals surface area contributed by atoms with E-state index in [1.807, 2.05) is 0 Å². The molecule has 0 spiro atoms. The quantitative estimate of drug-likeness (QED) is 0.0363. The first-order valence-corrected chi connectivity index (χ1v) is 32.6. The molecule has 0 bridgehead atoms. The number of aliphatic hydroxyl groups excluding tert-OH is 23. The second-order valence-electron chi connectivity index (χ2n) is 26.0. The molecule has 3 amide bonds. The van der Waals surface area contributed by atoms with Crippen LogP contribution in [0, 0.1) is 0 Å². The minimum atomic E-state index is -3.31. The summed E-state index contributed by atoms with van der Waals surface area (Å²) in [5.74, 6) is -8.30. The summed E-state index contributed by atoms with van der Waals surface area (Å²) in [6.45, 7) is -4.03. The lowest BCUT2D eigenvalue weighted by Crippen LogP contribution is -2.72. The lowest BCUT2D eigenvalue weighted by atomic mass is 9.88. The van der Waals surface area contributed by atoms with E-state index in [0.717, 1.165) is 20.8 Å². The number of hydrogen-bond donors (Lipinski definition) is 27. The molecule has 0 aromatic heterocycles. The first kappa shape index (κ1) is 85.0. The second kappa shape index (κ2) is 36.3. The molecule has 8 fully saturated rings. The average Bonchev–Trinajstić information content (AvgIpc) is 0.758. The van der Waals surface area contributed by atoms with E-state index in [2.05, 4.69) is 16.0 Å². The Morgan fingerprint density at radius 3 is 1.24 bits per heavy atom. The van der Waals surface area contributed by atoms with Crippen molar-refractivity contribution >= 4 is 23.7 Å². The van der Waals surface area contributed by atoms with Crippen LogP contribution < -0.4 is 16.0 Å². The smallest absolute Gasteiger partial charge is 0.364 e. The summed E-state index contributed by atoms with van der Waals surface area (Å²) in [7, 11) is 0. The predicted molar refractivity (Wildman–Crippen MR) is 315 cm³/mol. The van der Waals surface area contributed by atoms with Crippen LogP contribution in [0.25, 0.3) is 0 Å². The normalized spacial score (nSPS) is 48.3. The maximum Gasteiger partial charge on any atom is 0.364 e. The monoisotopic (exact) mass is 1510 g/mol. The van der Waals surface area contributed by atoms with Crippen molar-refractivity contribution in [2.45, 2.75) is 285 Å². The SMILES string of the molecule is CC(=O)N[C@H]1[C@H](O[C@H]2[C@@H](O)[C@@H](CO)O[C@@H](O[C@H]3[C@H](O)[C@@H](O)C(O)O[C@@H]3CO)[C@@H]2O)O[C@H](CO)[C@@H](O[C@@H]2O[C@H](CO)[C@H](O)[C@H](O[C@@H]3O[C@H](CO)[C@@H](O[C@@H]4O[C@H](CO)[C@H](O)[C@H](O[C@]5(C(=O)O)C[C@H](O)[C@@H](NC(C)=O)[C@H]([C@H](O)[C@H](O)CO)O5)[C@H]4O)[C@H](O[C@@H]4O[C@@H](C)[C@@H](O)[C@@H](O)[C@@H]4O)[C@H]3NC(C)=O)[C@H]2O)[C@@H]1O. The largest absolute Gasteiger partial charge is 0.477 e. The number of aliphatic hydroxyl groups is 23. The fraction of sp³-hybridized carbons (Fsp3) is 0.930. The Hall–Kier alpha value is -3.64. The summed E-state index contributed by atoms with van der Waals surface area (Å²) in [5, 5.41) is 271. The minimum absolute atomic E-state index is 0.873. The predicted octanol–water partition coefficient (Wildman–Crippen LogP) is -17.8. The molecule has 41 atom stereocenters. The highest BCUT2D eigenvalue weighted by Crippen LogP contribution is 2.42. The van der Waals surface area contributed by atoms with Gasteiger partial charge < -0.3 is 210 Å². The van der Waals surface area contributed by atoms with Gasteiger partial charge in [0.15, 0.2) is 44.0 Å². The fourth-order valence-corrected chi connectivity index (χ4v) is 13.3. The van der Waals surface area contributed by atoms with Gasteiger partial charge in [0.05, 0.1) is 64.5 Å². The molecule has 103 heavy (non-hydrogen) atoms. The Morgan fingerprint density at radius 1 is 0.398 bits per heavy atom. The average molecular weight is 1510 g/mol. The van der Waals surface area contributed by atoms with Gasteiger partial charge in [0.1, 0.15) is 183 Å². The lowest BCUT2D eigenvalue weighted by Gasteiger charge is -2.52. The summed E-state index contributed by atoms with van der Waals surface area (Å²) >= 11 is 0. The van der Waals surface area contributed by atoms with Crippen LogP contribution in [0.5, 0.6) is 0 Å². The number of hydrogen-bond acceptors (Lipinski definition) is 42. The third-order valence-electron chi connectivity index (χ3n) is 18.8. The van der Waals surface area contributed by atoms with Crippen molar-refractivity contribution in [3.8, 4) is 0 Å². The molecule has 46 nitrogen and oxygen atoms in total. The number of ether oxygens (including phenoxy) is 15. The number of carbonyl (C=O) groups excluding carboxylic acids is 3. The van der Waals surface area contributed by atoms with E-state index in [1.54, 1.807) is 0 Å². The third-order valence-corrected chi connectivity index (χ3v) is 18.8. The van der Waals surface area contributed by atoms with Crippen LogP contribution in [0.2, 0.25) is 0 Å². The zero-order chi connectivity index (χ0) is 76.3. The van der Waals surface area contributed by atoms with Crippen molar-refractivity contribution in [2.75, 3.05) is 46.2 Å². The topological polar surface area (TPSA) is 728 Å². The summed E-state index contributed by atoms with van der Waals surface area (Å²) in [4.78, 5) is 51.8. The number of aliphatic carboxylic acids is 1. The fourth-order valence-electron chi connectivity index (χ4n) is 13.3. The Labute approximate surface area is 582 Å². The van der Waals surface area contributed by atoms with Gasteiger partial charge in [0, 0.05) is 27.2 Å². The zero-order valence-corrected chi connectivity index (χ0v) is 55.2. The summed E-state index contributed by atoms with van der Waals surface area (Å²) in [6, 6.07) is -5.73. The number of amides is 3. The van der Waals surface area contributed by atoms with Crippen molar-refractivity contribution in [3.63, 3.8) is 0 Å². The van der Waals surface area contributed by atoms with E-state index in [4.69, 9.17) is 71.1 Å². The number of rotatable bonds is 27. The molecule has 0 aromatic carbocycles. The molecular weight excluding hydrogens is 1410 g/mol. The van der Waals surface area contributed by atoms with Gasteiger partial charge >= 0.3 is 5.97 Å². The molecule has 1 unspecified atom stereocenters. The van der Waals surface area contributed by atoms with Crippen LogP contribution in [0.1, 0.15) is 34.1 Å². The molecular formula is C57H95N3O43. The Kier molecular flexibility index (Phi) is 29.9. The van der Waals surface area contributed by atoms with Gasteiger partial charge in [0.2, 0.25) is 17.7 Å². The van der Waals surface area contributed by atoms with Crippen LogP contribution in [0.15, 0.2) is 0 Å². The first-order valence-electron chi connectivity index (χ1n) is 32.6. The van der Waals surface area contributed by atoms with Crippen molar-refractivity contribution in [1.82, 2.24) is 16.0 Å². The molecule has 27 N–H and O–H groups in total. The first-order chi connectivity index (χ1) is 48.5. The van der Waals surface area contributed by atoms with E-state index in [9.17, 15) is 142 Å². The molecule has 8 saturated heterocycles. The number of carboxylic acid groups (broad SMARTS) is 1. The van der Waals surface area contributed by atoms with Gasteiger partial charge in [0.25, 0.3) is 5.79 Å². The van der Waals surface area contributed by atoms with E-state index >= 15 is 0 Å². The van der Waals surface area contributed by atoms with Gasteiger partial charge in [-0.25, -0.2) is 4.79 Å². The van der Waals surface area contributed by atoms with Gasteiger partial charge in [-0.3, -0.25) is 14.4 Å². The van der Waals surface area contributed by atoms with Crippen molar-refractivity contribution in [2.24, 2.45) is 0 Å². The van der Waals surface area contributed by atoms with Crippen molar-refractivity contribution in [1.29, 1.82) is 0 Å². The lowest BCUT2D eigenvalue weighted by molar-refractivity contribution is -0.400. The second-order valence-corrected chi connectivity index (χ2v) is 26.0. The van der Waals surface area contributed by atoms with Crippen molar-refractivity contribution in [3.05, 3.63) is 0 Å². The Bertz CT molecular complexity index is 2730. The van der Waals surface area contributed by atoms with Crippen LogP contribution in [-0.2, 0) is 90.2 Å². The van der Waals surface area contributed by atoms with E-state index in [1.165, 1.54) is 6.92 Å². The third kappa shape index (κ3) is 18.3. The molecule has 0 aliphatic carbocycles. The Morgan fingerprint density at radius 2 is 0.777 bits per heavy atom. The highest BCUT2D eigenvalue weighted by molar-refractivity contribution is 5.77. The Balaban J connectivity index is 1.09. The molecule has 8 heterocycles. The molecule has 0 aromatic rings. The van der Waals surface area contributed by atoms with Gasteiger partial charge in [-0.1, -0.05) is 0 Å². The molecule has 0 saturated carbocycles. The number of carboxylic acids is 1. The van der Waals surface area contributed by atoms with Crippen LogP contribution in [-0.4, -0.2) is 444 Å². The molecule has 8 aliphatic heterocycles. The zero-order valence-electron chi connectivity index (χ0n) is 55.2. The highest BCUT2D eigenvalue weighted by Gasteiger charge is 2.63. The molecule has 46 heteroatoms. The minimum Gasteiger partial charge on any atom is -0.477 e. The van der Waals surface area contributed by atoms with Crippen LogP contribution in [0.4, 0.5) is 0 Å². The van der Waals surface area contributed by atoms with Crippen LogP contribution >= 0.6 is 0 Å². The van der Waals surface area contributed by atoms with Gasteiger partial charge in [-0.15, -0.1) is 0 Å². The molecule has 8 aliphatic rings. The van der Waals surface area contributed by atoms with E-state index in [0.29, 0.717) is 0 Å². The highest BCUT2D eigenvalue weighted by atomic mass is 16.8. The summed E-state index contributed by atoms with van der Waals surface area (Å²) in [5.41, 5.74) is 0. The van der Waals surface area contributed by atoms with E-state index in [-0.39, 0.29) is 0 Å². The maximum atomic E-state index is 13.4. The summed E-state index contributed by atoms with van der Waals surface area (Å²) in [6.07, 6.45) is -78.9. The summed E-state index contributed by atoms with van der Waals surface area (Å²) < 4.78 is 87.8. The molecule has 8 rings (SSSR count). The standard InChI is InChI=1S/C57H95N3O43/c1-13-28(73)34(79)37(82)52(89-13)99-45-27(60-16(4)70)51(95-24(12-67)43(45)98-55-40(85)48(32(77)21(9-64)93-55)103-57(56(87)88)5-17(71)25(58-14(2)68)44(102-57)29(74)18(72)6-61)101-47-31(76)20(8-63)91-53(39(47)84)96-41-23(11-66)94-50(26(33(41)78)59-15(3)69)100-46-30(75)19(7-62)92-54(38(46)83)97-42-22(10-65)90-49(86)36(81)35(42)80/h13,17-55,61-67,71-86H,5-12H2,1-4H3,(H,58,68)(H,59,69)(H,60,70)(H,87,88)/t13-,17-,18+,19+,20+,21+,22+,23+,24+,25+,26+,27+,28+,29+,30-,31-,32-,33+,34+,35+,36+,37-,38+,39+,40+,41+,42+,43+,44+,45+,46-,47-,48-,49?,50-,51-,52-,53-,54-,55-,57-/m0/s1. The van der Waals surface area contributed by atoms with Crippen LogP contribution in [0.3, 0.4) is 0 Å². The number of carbonyl (C=O) groups is 4. The number of nitrogens with one attached hydrogen (secondary N) is 3. The van der Waals surface area contributed by atoms with E-state index < -0.39 is 327 Å². The van der Waals surface area contributed by atoms with Gasteiger partial charge in [-0.05, 0) is 6.92 Å². The molecule has 0 radical (unpaired) electrons. The van der Waals surface area contributed by atoms with Crippen molar-refractivity contribution < 1.29 is 213 Å². The molecule has 596 valence electrons. The van der Waals surface area contributed by atoms with Gasteiger partial charge in [-0.2, -0.15) is 0 Å².